The minimum atomic E-state index is 0.593. The van der Waals surface area contributed by atoms with Gasteiger partial charge in [0.05, 0.1) is 11.6 Å². The van der Waals surface area contributed by atoms with Crippen LogP contribution in [-0.2, 0) is 25.3 Å². The first-order valence-corrected chi connectivity index (χ1v) is 8.18. The van der Waals surface area contributed by atoms with Crippen LogP contribution >= 0.6 is 23.4 Å². The predicted octanol–water partition coefficient (Wildman–Crippen LogP) is 3.89. The van der Waals surface area contributed by atoms with Crippen LogP contribution in [0.2, 0.25) is 0 Å². The van der Waals surface area contributed by atoms with Crippen molar-refractivity contribution in [2.45, 2.75) is 52.5 Å². The second-order valence-corrected chi connectivity index (χ2v) is 5.65. The molecule has 0 saturated carbocycles. The summed E-state index contributed by atoms with van der Waals surface area (Å²) in [5, 5.41) is 4.69. The van der Waals surface area contributed by atoms with Gasteiger partial charge in [-0.3, -0.25) is 4.68 Å². The molecule has 0 N–H and O–H groups in total. The Balaban J connectivity index is 2.73. The van der Waals surface area contributed by atoms with Crippen LogP contribution < -0.4 is 0 Å². The van der Waals surface area contributed by atoms with Gasteiger partial charge in [0.25, 0.3) is 0 Å². The van der Waals surface area contributed by atoms with E-state index in [9.17, 15) is 0 Å². The smallest absolute Gasteiger partial charge is 0.0668 e. The molecule has 1 rings (SSSR count). The molecule has 0 radical (unpaired) electrons. The number of thioether (sulfide) groups is 1. The minimum Gasteiger partial charge on any atom is -0.269 e. The van der Waals surface area contributed by atoms with Crippen molar-refractivity contribution in [3.63, 3.8) is 0 Å². The van der Waals surface area contributed by atoms with E-state index in [1.807, 2.05) is 11.8 Å². The molecule has 0 bridgehead atoms. The van der Waals surface area contributed by atoms with Crippen molar-refractivity contribution in [2.24, 2.45) is 0 Å². The van der Waals surface area contributed by atoms with Crippen LogP contribution in [0.4, 0.5) is 0 Å². The molecule has 0 unspecified atom stereocenters. The molecule has 2 nitrogen and oxygen atoms in total. The lowest BCUT2D eigenvalue weighted by Crippen LogP contribution is -2.06. The first-order valence-electron chi connectivity index (χ1n) is 6.49. The van der Waals surface area contributed by atoms with Gasteiger partial charge < -0.3 is 0 Å². The minimum absolute atomic E-state index is 0.593. The Morgan fingerprint density at radius 2 is 2.00 bits per heavy atom. The van der Waals surface area contributed by atoms with Gasteiger partial charge in [0, 0.05) is 17.8 Å². The van der Waals surface area contributed by atoms with Crippen molar-refractivity contribution in [1.82, 2.24) is 9.78 Å². The van der Waals surface area contributed by atoms with E-state index in [-0.39, 0.29) is 0 Å². The van der Waals surface area contributed by atoms with Crippen molar-refractivity contribution >= 4 is 23.4 Å². The monoisotopic (exact) mass is 274 g/mol. The van der Waals surface area contributed by atoms with Gasteiger partial charge in [-0.05, 0) is 30.8 Å². The van der Waals surface area contributed by atoms with E-state index in [2.05, 4.69) is 25.5 Å². The lowest BCUT2D eigenvalue weighted by atomic mass is 10.1. The normalized spacial score (nSPS) is 11.1. The molecule has 0 fully saturated rings. The van der Waals surface area contributed by atoms with Gasteiger partial charge in [0.1, 0.15) is 0 Å². The van der Waals surface area contributed by atoms with Crippen LogP contribution in [0.5, 0.6) is 0 Å². The zero-order chi connectivity index (χ0) is 12.7. The van der Waals surface area contributed by atoms with Crippen molar-refractivity contribution in [1.29, 1.82) is 0 Å². The fourth-order valence-corrected chi connectivity index (χ4v) is 3.00. The molecule has 0 aliphatic heterocycles. The number of nitrogens with zero attached hydrogens (tertiary/aromatic N) is 2. The number of alkyl halides is 1. The van der Waals surface area contributed by atoms with Gasteiger partial charge in [-0.1, -0.05) is 20.8 Å². The molecule has 0 aromatic carbocycles. The van der Waals surface area contributed by atoms with Gasteiger partial charge in [0.15, 0.2) is 0 Å². The first-order chi connectivity index (χ1) is 8.28. The summed E-state index contributed by atoms with van der Waals surface area (Å²) < 4.78 is 2.17. The third-order valence-electron chi connectivity index (χ3n) is 2.92. The highest BCUT2D eigenvalue weighted by Gasteiger charge is 2.13. The van der Waals surface area contributed by atoms with Gasteiger partial charge in [-0.25, -0.2) is 0 Å². The molecule has 17 heavy (non-hydrogen) atoms. The maximum Gasteiger partial charge on any atom is 0.0668 e. The highest BCUT2D eigenvalue weighted by atomic mass is 35.5. The highest BCUT2D eigenvalue weighted by molar-refractivity contribution is 7.99. The third-order valence-corrected chi connectivity index (χ3v) is 4.17. The predicted molar refractivity (Wildman–Crippen MR) is 78.2 cm³/mol. The molecule has 1 heterocycles. The molecule has 1 aromatic heterocycles. The van der Waals surface area contributed by atoms with Crippen LogP contribution in [-0.4, -0.2) is 21.3 Å². The maximum atomic E-state index is 6.03. The molecule has 0 spiro atoms. The Morgan fingerprint density at radius 1 is 1.24 bits per heavy atom. The zero-order valence-electron chi connectivity index (χ0n) is 11.1. The second-order valence-electron chi connectivity index (χ2n) is 3.99. The fourth-order valence-electron chi connectivity index (χ4n) is 2.07. The molecule has 0 atom stereocenters. The SMILES string of the molecule is CCSCCCn1nc(CC)c(CCl)c1CC. The van der Waals surface area contributed by atoms with Gasteiger partial charge in [-0.2, -0.15) is 16.9 Å². The van der Waals surface area contributed by atoms with Crippen LogP contribution in [0, 0.1) is 0 Å². The summed E-state index contributed by atoms with van der Waals surface area (Å²) in [5.41, 5.74) is 3.78. The molecule has 4 heteroatoms. The molecule has 98 valence electrons. The van der Waals surface area contributed by atoms with Crippen molar-refractivity contribution in [3.05, 3.63) is 17.0 Å². The third kappa shape index (κ3) is 3.92. The van der Waals surface area contributed by atoms with E-state index in [4.69, 9.17) is 16.7 Å². The summed E-state index contributed by atoms with van der Waals surface area (Å²) in [4.78, 5) is 0. The number of rotatable bonds is 8. The number of hydrogen-bond donors (Lipinski definition) is 0. The Bertz CT molecular complexity index is 336. The molecule has 0 saturated heterocycles. The number of hydrogen-bond acceptors (Lipinski definition) is 2. The quantitative estimate of drug-likeness (QED) is 0.529. The lowest BCUT2D eigenvalue weighted by Gasteiger charge is -2.06. The van der Waals surface area contributed by atoms with Crippen molar-refractivity contribution in [3.8, 4) is 0 Å². The van der Waals surface area contributed by atoms with Crippen LogP contribution in [0.15, 0.2) is 0 Å². The number of halogens is 1. The summed E-state index contributed by atoms with van der Waals surface area (Å²) in [6, 6.07) is 0. The summed E-state index contributed by atoms with van der Waals surface area (Å²) in [7, 11) is 0. The average molecular weight is 275 g/mol. The Morgan fingerprint density at radius 3 is 2.53 bits per heavy atom. The van der Waals surface area contributed by atoms with Crippen molar-refractivity contribution < 1.29 is 0 Å². The average Bonchev–Trinajstić information content (AvgIpc) is 2.71. The van der Waals surface area contributed by atoms with Gasteiger partial charge in [-0.15, -0.1) is 11.6 Å². The zero-order valence-corrected chi connectivity index (χ0v) is 12.7. The lowest BCUT2D eigenvalue weighted by molar-refractivity contribution is 0.573. The van der Waals surface area contributed by atoms with E-state index in [1.165, 1.54) is 34.9 Å². The summed E-state index contributed by atoms with van der Waals surface area (Å²) in [6.45, 7) is 7.57. The topological polar surface area (TPSA) is 17.8 Å². The first kappa shape index (κ1) is 14.9. The largest absolute Gasteiger partial charge is 0.269 e. The highest BCUT2D eigenvalue weighted by Crippen LogP contribution is 2.19. The molecule has 1 aromatic rings. The summed E-state index contributed by atoms with van der Waals surface area (Å²) in [6.07, 6.45) is 3.19. The van der Waals surface area contributed by atoms with E-state index < -0.39 is 0 Å². The standard InChI is InChI=1S/C13H23ClN2S/c1-4-12-11(10-14)13(5-2)16(15-12)8-7-9-17-6-3/h4-10H2,1-3H3. The number of aryl methyl sites for hydroxylation is 2. The van der Waals surface area contributed by atoms with Crippen LogP contribution in [0.25, 0.3) is 0 Å². The Labute approximate surface area is 114 Å². The molecule has 0 amide bonds. The van der Waals surface area contributed by atoms with E-state index >= 15 is 0 Å². The van der Waals surface area contributed by atoms with E-state index in [0.717, 1.165) is 19.4 Å². The van der Waals surface area contributed by atoms with Crippen LogP contribution in [0.1, 0.15) is 44.1 Å². The van der Waals surface area contributed by atoms with Gasteiger partial charge >= 0.3 is 0 Å². The molecular weight excluding hydrogens is 252 g/mol. The second kappa shape index (κ2) is 8.04. The Hall–Kier alpha value is -0.150. The Kier molecular flexibility index (Phi) is 7.05. The van der Waals surface area contributed by atoms with Gasteiger partial charge in [0.2, 0.25) is 0 Å². The summed E-state index contributed by atoms with van der Waals surface area (Å²) in [5.74, 6) is 3.01. The maximum absolute atomic E-state index is 6.03. The number of aromatic nitrogens is 2. The molecule has 0 aliphatic rings. The van der Waals surface area contributed by atoms with Crippen molar-refractivity contribution in [2.75, 3.05) is 11.5 Å². The molecular formula is C13H23ClN2S. The molecule has 0 aliphatic carbocycles. The van der Waals surface area contributed by atoms with Crippen LogP contribution in [0.3, 0.4) is 0 Å². The fraction of sp³-hybridized carbons (Fsp3) is 0.769. The van der Waals surface area contributed by atoms with E-state index in [0.29, 0.717) is 5.88 Å². The van der Waals surface area contributed by atoms with E-state index in [1.54, 1.807) is 0 Å². The summed E-state index contributed by atoms with van der Waals surface area (Å²) >= 11 is 8.03.